The predicted octanol–water partition coefficient (Wildman–Crippen LogP) is 3.37. The summed E-state index contributed by atoms with van der Waals surface area (Å²) in [5.74, 6) is -1.00. The Morgan fingerprint density at radius 2 is 2.09 bits per heavy atom. The molecule has 22 heavy (non-hydrogen) atoms. The van der Waals surface area contributed by atoms with Crippen LogP contribution in [0.5, 0.6) is 0 Å². The topological polar surface area (TPSA) is 57.6 Å². The minimum Gasteiger partial charge on any atom is -0.481 e. The molecule has 1 aliphatic rings. The summed E-state index contributed by atoms with van der Waals surface area (Å²) in [5.41, 5.74) is 3.35. The predicted molar refractivity (Wildman–Crippen MR) is 92.7 cm³/mol. The van der Waals surface area contributed by atoms with E-state index in [-0.39, 0.29) is 12.3 Å². The van der Waals surface area contributed by atoms with Crippen LogP contribution >= 0.6 is 24.0 Å². The van der Waals surface area contributed by atoms with Crippen molar-refractivity contribution in [2.24, 2.45) is 0 Å². The zero-order valence-corrected chi connectivity index (χ0v) is 14.1. The first-order valence-electron chi connectivity index (χ1n) is 6.93. The molecule has 1 heterocycles. The molecule has 0 saturated carbocycles. The molecule has 1 fully saturated rings. The Balaban J connectivity index is 2.11. The highest BCUT2D eigenvalue weighted by Crippen LogP contribution is 2.32. The summed E-state index contributed by atoms with van der Waals surface area (Å²) in [6.07, 6.45) is 2.27. The number of benzene rings is 1. The quantitative estimate of drug-likeness (QED) is 0.660. The van der Waals surface area contributed by atoms with E-state index in [1.807, 2.05) is 38.1 Å². The van der Waals surface area contributed by atoms with Gasteiger partial charge in [0.25, 0.3) is 5.91 Å². The van der Waals surface area contributed by atoms with E-state index in [4.69, 9.17) is 17.3 Å². The van der Waals surface area contributed by atoms with E-state index in [1.165, 1.54) is 27.8 Å². The zero-order valence-electron chi connectivity index (χ0n) is 12.5. The molecular formula is C16H17NO3S2. The molecule has 1 N–H and O–H groups in total. The molecule has 0 aromatic heterocycles. The smallest absolute Gasteiger partial charge is 0.303 e. The van der Waals surface area contributed by atoms with Crippen LogP contribution in [-0.4, -0.2) is 32.7 Å². The maximum atomic E-state index is 12.3. The number of hydrogen-bond donors (Lipinski definition) is 1. The zero-order chi connectivity index (χ0) is 16.3. The molecule has 116 valence electrons. The molecule has 0 radical (unpaired) electrons. The molecule has 0 atom stereocenters. The molecule has 0 spiro atoms. The van der Waals surface area contributed by atoms with Crippen molar-refractivity contribution in [1.29, 1.82) is 0 Å². The number of aliphatic carboxylic acids is 1. The largest absolute Gasteiger partial charge is 0.481 e. The summed E-state index contributed by atoms with van der Waals surface area (Å²) in [6.45, 7) is 4.42. The first kappa shape index (κ1) is 16.7. The van der Waals surface area contributed by atoms with Gasteiger partial charge >= 0.3 is 5.97 Å². The molecule has 0 unspecified atom stereocenters. The number of carboxylic acids is 1. The summed E-state index contributed by atoms with van der Waals surface area (Å²) >= 11 is 6.48. The van der Waals surface area contributed by atoms with E-state index in [1.54, 1.807) is 0 Å². The van der Waals surface area contributed by atoms with Crippen molar-refractivity contribution < 1.29 is 14.7 Å². The number of hydrogen-bond acceptors (Lipinski definition) is 4. The minimum absolute atomic E-state index is 0.0350. The van der Waals surface area contributed by atoms with Crippen molar-refractivity contribution >= 4 is 46.3 Å². The molecule has 6 heteroatoms. The Bertz CT molecular complexity index is 667. The minimum atomic E-state index is -0.865. The van der Waals surface area contributed by atoms with Gasteiger partial charge in [-0.05, 0) is 43.0 Å². The van der Waals surface area contributed by atoms with E-state index in [0.717, 1.165) is 5.56 Å². The second-order valence-corrected chi connectivity index (χ2v) is 6.85. The molecule has 1 aromatic rings. The van der Waals surface area contributed by atoms with Crippen LogP contribution in [0.15, 0.2) is 23.1 Å². The van der Waals surface area contributed by atoms with Gasteiger partial charge in [0.2, 0.25) is 0 Å². The number of thiocarbonyl (C=S) groups is 1. The third kappa shape index (κ3) is 3.96. The standard InChI is InChI=1S/C16H17NO3S2/c1-10-5-6-12(8-11(10)2)9-13-15(20)17(16(21)22-13)7-3-4-14(18)19/h5-6,8-9H,3-4,7H2,1-2H3,(H,18,19)/b13-9-. The summed E-state index contributed by atoms with van der Waals surface area (Å²) in [7, 11) is 0. The van der Waals surface area contributed by atoms with Crippen LogP contribution in [-0.2, 0) is 9.59 Å². The highest BCUT2D eigenvalue weighted by atomic mass is 32.2. The maximum absolute atomic E-state index is 12.3. The summed E-state index contributed by atoms with van der Waals surface area (Å²) in [5, 5.41) is 8.66. The van der Waals surface area contributed by atoms with Gasteiger partial charge in [0.15, 0.2) is 0 Å². The summed E-state index contributed by atoms with van der Waals surface area (Å²) < 4.78 is 0.491. The van der Waals surface area contributed by atoms with Gasteiger partial charge in [0, 0.05) is 13.0 Å². The number of rotatable bonds is 5. The van der Waals surface area contributed by atoms with E-state index in [0.29, 0.717) is 22.2 Å². The van der Waals surface area contributed by atoms with Gasteiger partial charge in [-0.2, -0.15) is 0 Å². The number of thioether (sulfide) groups is 1. The number of carbonyl (C=O) groups excluding carboxylic acids is 1. The fourth-order valence-corrected chi connectivity index (χ4v) is 3.40. The van der Waals surface area contributed by atoms with Crippen LogP contribution in [0.25, 0.3) is 6.08 Å². The van der Waals surface area contributed by atoms with Gasteiger partial charge in [0.05, 0.1) is 4.91 Å². The van der Waals surface area contributed by atoms with Crippen LogP contribution in [0.3, 0.4) is 0 Å². The van der Waals surface area contributed by atoms with Crippen LogP contribution in [0.2, 0.25) is 0 Å². The van der Waals surface area contributed by atoms with Crippen LogP contribution in [0.1, 0.15) is 29.5 Å². The maximum Gasteiger partial charge on any atom is 0.303 e. The molecule has 1 amide bonds. The number of aryl methyl sites for hydroxylation is 2. The Morgan fingerprint density at radius 1 is 1.36 bits per heavy atom. The van der Waals surface area contributed by atoms with Crippen LogP contribution < -0.4 is 0 Å². The highest BCUT2D eigenvalue weighted by molar-refractivity contribution is 8.26. The summed E-state index contributed by atoms with van der Waals surface area (Å²) in [6, 6.07) is 6.03. The lowest BCUT2D eigenvalue weighted by atomic mass is 10.1. The lowest BCUT2D eigenvalue weighted by Crippen LogP contribution is -2.29. The first-order chi connectivity index (χ1) is 10.4. The van der Waals surface area contributed by atoms with Crippen molar-refractivity contribution in [2.45, 2.75) is 26.7 Å². The Kier molecular flexibility index (Phi) is 5.37. The molecule has 2 rings (SSSR count). The molecule has 1 aromatic carbocycles. The Hall–Kier alpha value is -1.66. The molecule has 0 aliphatic carbocycles. The van der Waals surface area contributed by atoms with Gasteiger partial charge in [-0.1, -0.05) is 42.2 Å². The van der Waals surface area contributed by atoms with E-state index in [2.05, 4.69) is 0 Å². The highest BCUT2D eigenvalue weighted by Gasteiger charge is 2.31. The van der Waals surface area contributed by atoms with Crippen molar-refractivity contribution in [3.8, 4) is 0 Å². The lowest BCUT2D eigenvalue weighted by Gasteiger charge is -2.13. The van der Waals surface area contributed by atoms with Gasteiger partial charge in [0.1, 0.15) is 4.32 Å². The molecule has 4 nitrogen and oxygen atoms in total. The number of carbonyl (C=O) groups is 2. The SMILES string of the molecule is Cc1ccc(/C=C2\SC(=S)N(CCCC(=O)O)C2=O)cc1C. The average molecular weight is 335 g/mol. The van der Waals surface area contributed by atoms with Crippen molar-refractivity contribution in [3.63, 3.8) is 0 Å². The third-order valence-corrected chi connectivity index (χ3v) is 4.85. The molecular weight excluding hydrogens is 318 g/mol. The number of carboxylic acid groups (broad SMARTS) is 1. The first-order valence-corrected chi connectivity index (χ1v) is 8.15. The average Bonchev–Trinajstić information content (AvgIpc) is 2.70. The summed E-state index contributed by atoms with van der Waals surface area (Å²) in [4.78, 5) is 25.0. The lowest BCUT2D eigenvalue weighted by molar-refractivity contribution is -0.137. The normalized spacial score (nSPS) is 16.6. The van der Waals surface area contributed by atoms with Crippen LogP contribution in [0.4, 0.5) is 0 Å². The molecule has 1 saturated heterocycles. The monoisotopic (exact) mass is 335 g/mol. The Morgan fingerprint density at radius 3 is 2.73 bits per heavy atom. The second-order valence-electron chi connectivity index (χ2n) is 5.17. The van der Waals surface area contributed by atoms with Crippen molar-refractivity contribution in [1.82, 2.24) is 4.90 Å². The van der Waals surface area contributed by atoms with Gasteiger partial charge in [-0.15, -0.1) is 0 Å². The van der Waals surface area contributed by atoms with Crippen molar-refractivity contribution in [3.05, 3.63) is 39.8 Å². The van der Waals surface area contributed by atoms with E-state index < -0.39 is 5.97 Å². The fraction of sp³-hybridized carbons (Fsp3) is 0.312. The van der Waals surface area contributed by atoms with Gasteiger partial charge in [-0.25, -0.2) is 0 Å². The molecule has 1 aliphatic heterocycles. The van der Waals surface area contributed by atoms with Gasteiger partial charge < -0.3 is 5.11 Å². The van der Waals surface area contributed by atoms with Crippen LogP contribution in [0, 0.1) is 13.8 Å². The van der Waals surface area contributed by atoms with Gasteiger partial charge in [-0.3, -0.25) is 14.5 Å². The van der Waals surface area contributed by atoms with Crippen molar-refractivity contribution in [2.75, 3.05) is 6.54 Å². The number of nitrogens with zero attached hydrogens (tertiary/aromatic N) is 1. The van der Waals surface area contributed by atoms with E-state index >= 15 is 0 Å². The third-order valence-electron chi connectivity index (χ3n) is 3.47. The fourth-order valence-electron chi connectivity index (χ4n) is 2.09. The number of amides is 1. The Labute approximate surface area is 139 Å². The second kappa shape index (κ2) is 7.07. The molecule has 0 bridgehead atoms. The van der Waals surface area contributed by atoms with E-state index in [9.17, 15) is 9.59 Å².